The maximum Gasteiger partial charge on any atom is 0.255 e. The number of hydrogen-bond acceptors (Lipinski definition) is 6. The summed E-state index contributed by atoms with van der Waals surface area (Å²) in [6, 6.07) is 4.99. The van der Waals surface area contributed by atoms with Gasteiger partial charge in [0.1, 0.15) is 0 Å². The molecular weight excluding hydrogens is 338 g/mol. The number of aryl methyl sites for hydroxylation is 1. The fourth-order valence-electron chi connectivity index (χ4n) is 2.33. The summed E-state index contributed by atoms with van der Waals surface area (Å²) >= 11 is 0. The smallest absolute Gasteiger partial charge is 0.255 e. The van der Waals surface area contributed by atoms with Gasteiger partial charge in [-0.2, -0.15) is 5.10 Å². The monoisotopic (exact) mass is 360 g/mol. The van der Waals surface area contributed by atoms with Crippen LogP contribution in [0.15, 0.2) is 30.6 Å². The minimum Gasteiger partial charge on any atom is -0.550 e. The second-order valence-electron chi connectivity index (χ2n) is 5.45. The van der Waals surface area contributed by atoms with E-state index in [-0.39, 0.29) is 12.3 Å². The first-order valence-corrected chi connectivity index (χ1v) is 8.46. The molecule has 0 unspecified atom stereocenters. The van der Waals surface area contributed by atoms with E-state index in [1.54, 1.807) is 29.1 Å². The van der Waals surface area contributed by atoms with Crippen molar-refractivity contribution in [2.24, 2.45) is 0 Å². The maximum atomic E-state index is 12.4. The highest BCUT2D eigenvalue weighted by Crippen LogP contribution is 2.28. The van der Waals surface area contributed by atoms with Crippen LogP contribution in [0.1, 0.15) is 37.0 Å². The molecule has 8 nitrogen and oxygen atoms in total. The molecule has 0 saturated heterocycles. The van der Waals surface area contributed by atoms with Crippen molar-refractivity contribution in [3.05, 3.63) is 36.2 Å². The van der Waals surface area contributed by atoms with E-state index in [0.29, 0.717) is 48.9 Å². The van der Waals surface area contributed by atoms with Crippen LogP contribution in [0.2, 0.25) is 0 Å². The number of nitrogens with zero attached hydrogens (tertiary/aromatic N) is 2. The van der Waals surface area contributed by atoms with Gasteiger partial charge in [-0.1, -0.05) is 0 Å². The molecule has 0 aliphatic rings. The fraction of sp³-hybridized carbons (Fsp3) is 0.389. The van der Waals surface area contributed by atoms with Crippen molar-refractivity contribution in [2.45, 2.75) is 33.2 Å². The Morgan fingerprint density at radius 1 is 1.19 bits per heavy atom. The van der Waals surface area contributed by atoms with Gasteiger partial charge in [-0.25, -0.2) is 0 Å². The standard InChI is InChI=1S/C18H23N3O5/c1-3-25-15-8-7-13(10-16(15)26-4-2)18(24)20-14-11-19-21(12-14)9-5-6-17(22)23/h7-8,10-12H,3-6,9H2,1-2H3,(H,20,24)(H,22,23)/p-1. The van der Waals surface area contributed by atoms with Crippen molar-refractivity contribution < 1.29 is 24.2 Å². The van der Waals surface area contributed by atoms with E-state index in [0.717, 1.165) is 0 Å². The van der Waals surface area contributed by atoms with Crippen LogP contribution < -0.4 is 19.9 Å². The Balaban J connectivity index is 2.02. The van der Waals surface area contributed by atoms with Crippen LogP contribution in [0.25, 0.3) is 0 Å². The molecule has 2 aromatic rings. The van der Waals surface area contributed by atoms with Crippen LogP contribution >= 0.6 is 0 Å². The minimum absolute atomic E-state index is 0.0338. The maximum absolute atomic E-state index is 12.4. The van der Waals surface area contributed by atoms with Crippen molar-refractivity contribution in [3.8, 4) is 11.5 Å². The Bertz CT molecular complexity index is 757. The number of aliphatic carboxylic acids is 1. The molecule has 0 aliphatic carbocycles. The summed E-state index contributed by atoms with van der Waals surface area (Å²) in [6.45, 7) is 5.13. The lowest BCUT2D eigenvalue weighted by molar-refractivity contribution is -0.305. The SMILES string of the molecule is CCOc1ccc(C(=O)Nc2cnn(CCCC(=O)[O-])c2)cc1OCC. The van der Waals surface area contributed by atoms with Gasteiger partial charge in [0, 0.05) is 24.3 Å². The zero-order chi connectivity index (χ0) is 18.9. The third-order valence-corrected chi connectivity index (χ3v) is 3.46. The number of ether oxygens (including phenoxy) is 2. The predicted octanol–water partition coefficient (Wildman–Crippen LogP) is 1.46. The highest BCUT2D eigenvalue weighted by atomic mass is 16.5. The van der Waals surface area contributed by atoms with Gasteiger partial charge in [0.2, 0.25) is 0 Å². The van der Waals surface area contributed by atoms with E-state index >= 15 is 0 Å². The van der Waals surface area contributed by atoms with Crippen molar-refractivity contribution >= 4 is 17.6 Å². The summed E-state index contributed by atoms with van der Waals surface area (Å²) in [6.07, 6.45) is 3.53. The van der Waals surface area contributed by atoms with Crippen molar-refractivity contribution in [1.82, 2.24) is 9.78 Å². The summed E-state index contributed by atoms with van der Waals surface area (Å²) in [5.74, 6) is -0.291. The lowest BCUT2D eigenvalue weighted by atomic mass is 10.2. The number of hydrogen-bond donors (Lipinski definition) is 1. The Morgan fingerprint density at radius 3 is 2.62 bits per heavy atom. The topological polar surface area (TPSA) is 106 Å². The van der Waals surface area contributed by atoms with E-state index in [4.69, 9.17) is 9.47 Å². The second-order valence-corrected chi connectivity index (χ2v) is 5.45. The van der Waals surface area contributed by atoms with Crippen molar-refractivity contribution in [3.63, 3.8) is 0 Å². The minimum atomic E-state index is -1.09. The van der Waals surface area contributed by atoms with Gasteiger partial charge in [0.05, 0.1) is 25.1 Å². The average molecular weight is 360 g/mol. The number of carbonyl (C=O) groups excluding carboxylic acids is 2. The van der Waals surface area contributed by atoms with Crippen LogP contribution in [-0.4, -0.2) is 34.9 Å². The third kappa shape index (κ3) is 5.51. The number of carboxylic acid groups (broad SMARTS) is 1. The number of rotatable bonds is 10. The van der Waals surface area contributed by atoms with Crippen LogP contribution in [-0.2, 0) is 11.3 Å². The normalized spacial score (nSPS) is 10.4. The number of nitrogens with one attached hydrogen (secondary N) is 1. The third-order valence-electron chi connectivity index (χ3n) is 3.46. The molecule has 0 bridgehead atoms. The molecule has 1 aromatic carbocycles. The first kappa shape index (κ1) is 19.3. The highest BCUT2D eigenvalue weighted by Gasteiger charge is 2.12. The van der Waals surface area contributed by atoms with E-state index in [9.17, 15) is 14.7 Å². The lowest BCUT2D eigenvalue weighted by Gasteiger charge is -2.12. The molecule has 0 fully saturated rings. The van der Waals surface area contributed by atoms with Crippen molar-refractivity contribution in [1.29, 1.82) is 0 Å². The fourth-order valence-corrected chi connectivity index (χ4v) is 2.33. The number of carbonyl (C=O) groups is 2. The predicted molar refractivity (Wildman–Crippen MR) is 93.2 cm³/mol. The van der Waals surface area contributed by atoms with E-state index in [2.05, 4.69) is 10.4 Å². The number of aromatic nitrogens is 2. The van der Waals surface area contributed by atoms with E-state index in [1.807, 2.05) is 13.8 Å². The molecule has 1 aromatic heterocycles. The van der Waals surface area contributed by atoms with Crippen LogP contribution in [0.4, 0.5) is 5.69 Å². The van der Waals surface area contributed by atoms with Crippen LogP contribution in [0.5, 0.6) is 11.5 Å². The molecule has 26 heavy (non-hydrogen) atoms. The summed E-state index contributed by atoms with van der Waals surface area (Å²) < 4.78 is 12.6. The van der Waals surface area contributed by atoms with Crippen LogP contribution in [0, 0.1) is 0 Å². The number of anilines is 1. The highest BCUT2D eigenvalue weighted by molar-refractivity contribution is 6.04. The Hall–Kier alpha value is -3.03. The Kier molecular flexibility index (Phi) is 7.02. The molecule has 1 heterocycles. The first-order chi connectivity index (χ1) is 12.5. The molecule has 1 amide bonds. The van der Waals surface area contributed by atoms with E-state index < -0.39 is 5.97 Å². The molecule has 140 valence electrons. The molecule has 0 spiro atoms. The summed E-state index contributed by atoms with van der Waals surface area (Å²) in [5.41, 5.74) is 0.955. The Labute approximate surface area is 151 Å². The molecule has 8 heteroatoms. The van der Waals surface area contributed by atoms with Gasteiger partial charge in [0.25, 0.3) is 5.91 Å². The molecule has 1 N–H and O–H groups in total. The van der Waals surface area contributed by atoms with Gasteiger partial charge >= 0.3 is 0 Å². The quantitative estimate of drug-likeness (QED) is 0.688. The van der Waals surface area contributed by atoms with Crippen molar-refractivity contribution in [2.75, 3.05) is 18.5 Å². The molecule has 2 rings (SSSR count). The van der Waals surface area contributed by atoms with Gasteiger partial charge in [-0.05, 0) is 44.9 Å². The molecule has 0 atom stereocenters. The van der Waals surface area contributed by atoms with E-state index in [1.165, 1.54) is 6.20 Å². The summed E-state index contributed by atoms with van der Waals surface area (Å²) in [5, 5.41) is 17.3. The molecular formula is C18H22N3O5-. The summed E-state index contributed by atoms with van der Waals surface area (Å²) in [7, 11) is 0. The molecule has 0 aliphatic heterocycles. The van der Waals surface area contributed by atoms with Crippen LogP contribution in [0.3, 0.4) is 0 Å². The summed E-state index contributed by atoms with van der Waals surface area (Å²) in [4.78, 5) is 22.8. The number of amides is 1. The number of carboxylic acids is 1. The molecule has 0 radical (unpaired) electrons. The van der Waals surface area contributed by atoms with Gasteiger partial charge in [0.15, 0.2) is 11.5 Å². The largest absolute Gasteiger partial charge is 0.550 e. The molecule has 0 saturated carbocycles. The average Bonchev–Trinajstić information content (AvgIpc) is 3.03. The van der Waals surface area contributed by atoms with Gasteiger partial charge in [-0.15, -0.1) is 0 Å². The van der Waals surface area contributed by atoms with Gasteiger partial charge in [-0.3, -0.25) is 9.48 Å². The first-order valence-electron chi connectivity index (χ1n) is 8.46. The Morgan fingerprint density at radius 2 is 1.92 bits per heavy atom. The lowest BCUT2D eigenvalue weighted by Crippen LogP contribution is -2.22. The number of benzene rings is 1. The van der Waals surface area contributed by atoms with Gasteiger partial charge < -0.3 is 24.7 Å². The second kappa shape index (κ2) is 9.45. The zero-order valence-corrected chi connectivity index (χ0v) is 14.9. The zero-order valence-electron chi connectivity index (χ0n) is 14.9.